The van der Waals surface area contributed by atoms with E-state index in [-0.39, 0.29) is 0 Å². The second-order valence-corrected chi connectivity index (χ2v) is 6.64. The van der Waals surface area contributed by atoms with Crippen LogP contribution in [0.5, 0.6) is 0 Å². The number of imidazole rings is 1. The van der Waals surface area contributed by atoms with Gasteiger partial charge in [-0.1, -0.05) is 38.5 Å². The standard InChI is InChI=1S/C21H28N4/c1-4-6-13-24(5-2)15-19-20(17-9-11-18(22)12-10-17)23-21-16(3)8-7-14-25(19)21/h7-12,14H,4-6,13,15,22H2,1-3H3. The highest BCUT2D eigenvalue weighted by Gasteiger charge is 2.17. The van der Waals surface area contributed by atoms with Crippen LogP contribution in [0.15, 0.2) is 42.6 Å². The molecule has 4 nitrogen and oxygen atoms in total. The van der Waals surface area contributed by atoms with Crippen LogP contribution in [-0.2, 0) is 6.54 Å². The van der Waals surface area contributed by atoms with E-state index in [0.29, 0.717) is 0 Å². The van der Waals surface area contributed by atoms with Crippen molar-refractivity contribution in [3.63, 3.8) is 0 Å². The summed E-state index contributed by atoms with van der Waals surface area (Å²) < 4.78 is 2.25. The molecule has 132 valence electrons. The molecular weight excluding hydrogens is 308 g/mol. The van der Waals surface area contributed by atoms with Crippen LogP contribution >= 0.6 is 0 Å². The van der Waals surface area contributed by atoms with Crippen molar-refractivity contribution in [3.05, 3.63) is 53.9 Å². The summed E-state index contributed by atoms with van der Waals surface area (Å²) in [5, 5.41) is 0. The minimum absolute atomic E-state index is 0.781. The molecule has 2 N–H and O–H groups in total. The minimum Gasteiger partial charge on any atom is -0.399 e. The summed E-state index contributed by atoms with van der Waals surface area (Å²) in [5.74, 6) is 0. The Labute approximate surface area is 150 Å². The second kappa shape index (κ2) is 7.70. The third-order valence-electron chi connectivity index (χ3n) is 4.78. The molecule has 0 radical (unpaired) electrons. The number of nitrogens with zero attached hydrogens (tertiary/aromatic N) is 3. The zero-order chi connectivity index (χ0) is 17.8. The Morgan fingerprint density at radius 2 is 1.88 bits per heavy atom. The predicted molar refractivity (Wildman–Crippen MR) is 106 cm³/mol. The fourth-order valence-corrected chi connectivity index (χ4v) is 3.22. The van der Waals surface area contributed by atoms with Gasteiger partial charge in [0.1, 0.15) is 5.65 Å². The van der Waals surface area contributed by atoms with E-state index < -0.39 is 0 Å². The van der Waals surface area contributed by atoms with Gasteiger partial charge in [-0.15, -0.1) is 0 Å². The summed E-state index contributed by atoms with van der Waals surface area (Å²) in [7, 11) is 0. The molecule has 4 heteroatoms. The number of unbranched alkanes of at least 4 members (excludes halogenated alkanes) is 1. The van der Waals surface area contributed by atoms with Crippen molar-refractivity contribution in [3.8, 4) is 11.3 Å². The lowest BCUT2D eigenvalue weighted by molar-refractivity contribution is 0.272. The molecule has 25 heavy (non-hydrogen) atoms. The number of benzene rings is 1. The highest BCUT2D eigenvalue weighted by Crippen LogP contribution is 2.27. The Morgan fingerprint density at radius 1 is 1.12 bits per heavy atom. The quantitative estimate of drug-likeness (QED) is 0.646. The molecule has 0 fully saturated rings. The molecule has 0 aliphatic heterocycles. The zero-order valence-electron chi connectivity index (χ0n) is 15.5. The first-order valence-corrected chi connectivity index (χ1v) is 9.18. The lowest BCUT2D eigenvalue weighted by Crippen LogP contribution is -2.25. The van der Waals surface area contributed by atoms with Crippen molar-refractivity contribution in [2.24, 2.45) is 0 Å². The summed E-state index contributed by atoms with van der Waals surface area (Å²) >= 11 is 0. The van der Waals surface area contributed by atoms with Gasteiger partial charge in [-0.05, 0) is 50.2 Å². The average molecular weight is 336 g/mol. The van der Waals surface area contributed by atoms with E-state index in [1.54, 1.807) is 0 Å². The number of rotatable bonds is 7. The van der Waals surface area contributed by atoms with Gasteiger partial charge in [0.15, 0.2) is 0 Å². The number of fused-ring (bicyclic) bond motifs is 1. The molecular formula is C21H28N4. The monoisotopic (exact) mass is 336 g/mol. The maximum Gasteiger partial charge on any atom is 0.140 e. The summed E-state index contributed by atoms with van der Waals surface area (Å²) in [6.07, 6.45) is 4.56. The van der Waals surface area contributed by atoms with E-state index in [1.165, 1.54) is 24.1 Å². The van der Waals surface area contributed by atoms with Crippen LogP contribution in [0.3, 0.4) is 0 Å². The van der Waals surface area contributed by atoms with E-state index in [1.807, 2.05) is 12.1 Å². The topological polar surface area (TPSA) is 46.6 Å². The summed E-state index contributed by atoms with van der Waals surface area (Å²) in [4.78, 5) is 7.47. The van der Waals surface area contributed by atoms with E-state index in [4.69, 9.17) is 10.7 Å². The molecule has 0 saturated heterocycles. The van der Waals surface area contributed by atoms with Crippen LogP contribution < -0.4 is 5.73 Å². The lowest BCUT2D eigenvalue weighted by atomic mass is 10.1. The first-order valence-electron chi connectivity index (χ1n) is 9.18. The van der Waals surface area contributed by atoms with Crippen molar-refractivity contribution in [2.45, 2.75) is 40.2 Å². The average Bonchev–Trinajstić information content (AvgIpc) is 2.99. The number of nitrogens with two attached hydrogens (primary N) is 1. The summed E-state index contributed by atoms with van der Waals surface area (Å²) in [6.45, 7) is 9.65. The highest BCUT2D eigenvalue weighted by atomic mass is 15.1. The SMILES string of the molecule is CCCCN(CC)Cc1c(-c2ccc(N)cc2)nc2c(C)cccn12. The number of anilines is 1. The smallest absolute Gasteiger partial charge is 0.140 e. The summed E-state index contributed by atoms with van der Waals surface area (Å²) in [6, 6.07) is 12.3. The molecule has 0 atom stereocenters. The van der Waals surface area contributed by atoms with Gasteiger partial charge in [-0.2, -0.15) is 0 Å². The van der Waals surface area contributed by atoms with Crippen molar-refractivity contribution >= 4 is 11.3 Å². The van der Waals surface area contributed by atoms with Gasteiger partial charge in [-0.3, -0.25) is 4.90 Å². The van der Waals surface area contributed by atoms with Gasteiger partial charge in [0, 0.05) is 24.0 Å². The third kappa shape index (κ3) is 3.69. The van der Waals surface area contributed by atoms with Crippen LogP contribution in [0.1, 0.15) is 37.9 Å². The number of pyridine rings is 1. The molecule has 3 rings (SSSR count). The van der Waals surface area contributed by atoms with Crippen molar-refractivity contribution in [1.82, 2.24) is 14.3 Å². The van der Waals surface area contributed by atoms with Crippen molar-refractivity contribution < 1.29 is 0 Å². The van der Waals surface area contributed by atoms with E-state index in [9.17, 15) is 0 Å². The number of nitrogen functional groups attached to an aromatic ring is 1. The largest absolute Gasteiger partial charge is 0.399 e. The minimum atomic E-state index is 0.781. The molecule has 0 saturated carbocycles. The van der Waals surface area contributed by atoms with Crippen LogP contribution in [-0.4, -0.2) is 27.4 Å². The number of hydrogen-bond acceptors (Lipinski definition) is 3. The Kier molecular flexibility index (Phi) is 5.39. The lowest BCUT2D eigenvalue weighted by Gasteiger charge is -2.20. The Balaban J connectivity index is 2.08. The molecule has 1 aromatic carbocycles. The fraction of sp³-hybridized carbons (Fsp3) is 0.381. The van der Waals surface area contributed by atoms with Crippen LogP contribution in [0.4, 0.5) is 5.69 Å². The summed E-state index contributed by atoms with van der Waals surface area (Å²) in [5.41, 5.74) is 12.3. The molecule has 0 spiro atoms. The molecule has 2 aromatic heterocycles. The van der Waals surface area contributed by atoms with Gasteiger partial charge >= 0.3 is 0 Å². The molecule has 3 aromatic rings. The molecule has 0 amide bonds. The van der Waals surface area contributed by atoms with Gasteiger partial charge in [0.25, 0.3) is 0 Å². The second-order valence-electron chi connectivity index (χ2n) is 6.64. The predicted octanol–water partition coefficient (Wildman–Crippen LogP) is 4.51. The zero-order valence-corrected chi connectivity index (χ0v) is 15.5. The van der Waals surface area contributed by atoms with Gasteiger partial charge < -0.3 is 10.1 Å². The fourth-order valence-electron chi connectivity index (χ4n) is 3.22. The molecule has 0 aliphatic carbocycles. The van der Waals surface area contributed by atoms with E-state index >= 15 is 0 Å². The molecule has 0 unspecified atom stereocenters. The van der Waals surface area contributed by atoms with Gasteiger partial charge in [0.05, 0.1) is 11.4 Å². The van der Waals surface area contributed by atoms with Crippen LogP contribution in [0, 0.1) is 6.92 Å². The van der Waals surface area contributed by atoms with E-state index in [2.05, 4.69) is 60.5 Å². The highest BCUT2D eigenvalue weighted by molar-refractivity contribution is 5.69. The molecule has 0 bridgehead atoms. The van der Waals surface area contributed by atoms with Crippen LogP contribution in [0.2, 0.25) is 0 Å². The number of aryl methyl sites for hydroxylation is 1. The Morgan fingerprint density at radius 3 is 2.56 bits per heavy atom. The number of hydrogen-bond donors (Lipinski definition) is 1. The van der Waals surface area contributed by atoms with E-state index in [0.717, 1.165) is 42.2 Å². The van der Waals surface area contributed by atoms with Gasteiger partial charge in [-0.25, -0.2) is 4.98 Å². The first kappa shape index (κ1) is 17.5. The molecule has 0 aliphatic rings. The Hall–Kier alpha value is -2.33. The van der Waals surface area contributed by atoms with Crippen molar-refractivity contribution in [1.29, 1.82) is 0 Å². The molecule has 2 heterocycles. The maximum atomic E-state index is 5.87. The Bertz CT molecular complexity index is 833. The maximum absolute atomic E-state index is 5.87. The van der Waals surface area contributed by atoms with Gasteiger partial charge in [0.2, 0.25) is 0 Å². The van der Waals surface area contributed by atoms with Crippen molar-refractivity contribution in [2.75, 3.05) is 18.8 Å². The normalized spacial score (nSPS) is 11.5. The first-order chi connectivity index (χ1) is 12.1. The number of aromatic nitrogens is 2. The van der Waals surface area contributed by atoms with Crippen LogP contribution in [0.25, 0.3) is 16.9 Å². The third-order valence-corrected chi connectivity index (χ3v) is 4.78.